The van der Waals surface area contributed by atoms with E-state index in [4.69, 9.17) is 0 Å². The molecule has 1 aromatic rings. The highest BCUT2D eigenvalue weighted by molar-refractivity contribution is 9.10. The van der Waals surface area contributed by atoms with E-state index in [9.17, 15) is 13.6 Å². The number of Topliss-reactive ketones (excluding diaryl/α,β-unsaturated/α-hetero) is 1. The van der Waals surface area contributed by atoms with Crippen molar-refractivity contribution in [1.82, 2.24) is 0 Å². The van der Waals surface area contributed by atoms with E-state index >= 15 is 0 Å². The highest BCUT2D eigenvalue weighted by atomic mass is 79.9. The Morgan fingerprint density at radius 3 is 2.50 bits per heavy atom. The number of fused-ring (bicyclic) bond motifs is 1. The number of rotatable bonds is 0. The Morgan fingerprint density at radius 2 is 1.78 bits per heavy atom. The molecule has 1 aromatic carbocycles. The Balaban J connectivity index is 1.91. The lowest BCUT2D eigenvalue weighted by Crippen LogP contribution is -2.42. The fourth-order valence-electron chi connectivity index (χ4n) is 3.17. The number of halogens is 3. The van der Waals surface area contributed by atoms with Crippen molar-refractivity contribution in [2.75, 3.05) is 0 Å². The first-order valence-corrected chi connectivity index (χ1v) is 6.88. The van der Waals surface area contributed by atoms with Crippen molar-refractivity contribution in [2.45, 2.75) is 38.0 Å². The Morgan fingerprint density at radius 1 is 1.06 bits per heavy atom. The second-order valence-corrected chi connectivity index (χ2v) is 6.42. The average Bonchev–Trinajstić information content (AvgIpc) is 2.63. The molecule has 0 N–H and O–H groups in total. The van der Waals surface area contributed by atoms with Crippen molar-refractivity contribution < 1.29 is 13.6 Å². The van der Waals surface area contributed by atoms with E-state index in [1.165, 1.54) is 0 Å². The minimum absolute atomic E-state index is 0.159. The van der Waals surface area contributed by atoms with Crippen molar-refractivity contribution in [3.63, 3.8) is 0 Å². The van der Waals surface area contributed by atoms with Gasteiger partial charge in [-0.05, 0) is 42.5 Å². The van der Waals surface area contributed by atoms with Crippen molar-refractivity contribution in [2.24, 2.45) is 5.41 Å². The second-order valence-electron chi connectivity index (χ2n) is 5.50. The summed E-state index contributed by atoms with van der Waals surface area (Å²) in [6.07, 6.45) is 0.822. The van der Waals surface area contributed by atoms with Crippen LogP contribution in [-0.2, 0) is 17.6 Å². The molecule has 1 nitrogen and oxygen atoms in total. The number of benzene rings is 1. The Bertz CT molecular complexity index is 527. The summed E-state index contributed by atoms with van der Waals surface area (Å²) < 4.78 is 27.5. The van der Waals surface area contributed by atoms with Gasteiger partial charge in [-0.2, -0.15) is 0 Å². The number of hydrogen-bond acceptors (Lipinski definition) is 1. The van der Waals surface area contributed by atoms with Crippen LogP contribution in [0.25, 0.3) is 0 Å². The van der Waals surface area contributed by atoms with Crippen molar-refractivity contribution in [3.05, 3.63) is 33.8 Å². The molecule has 3 rings (SSSR count). The first-order valence-electron chi connectivity index (χ1n) is 6.09. The molecule has 2 aliphatic carbocycles. The highest BCUT2D eigenvalue weighted by Gasteiger charge is 2.51. The van der Waals surface area contributed by atoms with Gasteiger partial charge in [0.2, 0.25) is 0 Å². The van der Waals surface area contributed by atoms with Crippen LogP contribution in [0.1, 0.15) is 30.4 Å². The molecule has 18 heavy (non-hydrogen) atoms. The van der Waals surface area contributed by atoms with Gasteiger partial charge in [0.25, 0.3) is 5.92 Å². The SMILES string of the molecule is O=C1CC(F)(F)CCC12Cc1ccc(Br)cc1C2. The third-order valence-electron chi connectivity index (χ3n) is 4.21. The predicted octanol–water partition coefficient (Wildman–Crippen LogP) is 3.92. The van der Waals surface area contributed by atoms with Gasteiger partial charge < -0.3 is 0 Å². The van der Waals surface area contributed by atoms with E-state index in [1.54, 1.807) is 0 Å². The zero-order chi connectivity index (χ0) is 13.0. The van der Waals surface area contributed by atoms with Crippen LogP contribution in [0.3, 0.4) is 0 Å². The van der Waals surface area contributed by atoms with Gasteiger partial charge in [-0.15, -0.1) is 0 Å². The Hall–Kier alpha value is -0.770. The van der Waals surface area contributed by atoms with Gasteiger partial charge in [0.05, 0.1) is 6.42 Å². The molecule has 0 aromatic heterocycles. The van der Waals surface area contributed by atoms with Gasteiger partial charge in [-0.3, -0.25) is 4.79 Å². The van der Waals surface area contributed by atoms with Crippen LogP contribution >= 0.6 is 15.9 Å². The molecule has 0 radical (unpaired) electrons. The molecule has 1 fully saturated rings. The van der Waals surface area contributed by atoms with Crippen LogP contribution in [0, 0.1) is 5.41 Å². The first kappa shape index (κ1) is 12.3. The fraction of sp³-hybridized carbons (Fsp3) is 0.500. The van der Waals surface area contributed by atoms with Crippen LogP contribution in [0.4, 0.5) is 8.78 Å². The van der Waals surface area contributed by atoms with Crippen molar-refractivity contribution >= 4 is 21.7 Å². The smallest absolute Gasteiger partial charge is 0.255 e. The molecule has 96 valence electrons. The maximum Gasteiger partial charge on any atom is 0.255 e. The summed E-state index contributed by atoms with van der Waals surface area (Å²) in [4.78, 5) is 12.1. The highest BCUT2D eigenvalue weighted by Crippen LogP contribution is 2.49. The third kappa shape index (κ3) is 1.91. The summed E-state index contributed by atoms with van der Waals surface area (Å²) in [5.74, 6) is -3.05. The number of ketones is 1. The van der Waals surface area contributed by atoms with Crippen LogP contribution in [0.15, 0.2) is 22.7 Å². The number of hydrogen-bond donors (Lipinski definition) is 0. The van der Waals surface area contributed by atoms with E-state index in [-0.39, 0.29) is 12.2 Å². The van der Waals surface area contributed by atoms with Crippen molar-refractivity contribution in [1.29, 1.82) is 0 Å². The van der Waals surface area contributed by atoms with Crippen LogP contribution < -0.4 is 0 Å². The number of carbonyl (C=O) groups excluding carboxylic acids is 1. The third-order valence-corrected chi connectivity index (χ3v) is 4.70. The Labute approximate surface area is 113 Å². The van der Waals surface area contributed by atoms with Gasteiger partial charge in [0, 0.05) is 16.3 Å². The van der Waals surface area contributed by atoms with Gasteiger partial charge in [-0.25, -0.2) is 8.78 Å². The zero-order valence-corrected chi connectivity index (χ0v) is 11.4. The summed E-state index contributed by atoms with van der Waals surface area (Å²) in [5.41, 5.74) is 1.71. The molecule has 1 unspecified atom stereocenters. The maximum atomic E-state index is 13.3. The lowest BCUT2D eigenvalue weighted by molar-refractivity contribution is -0.145. The molecule has 0 saturated heterocycles. The summed E-state index contributed by atoms with van der Waals surface area (Å²) >= 11 is 3.41. The standard InChI is InChI=1S/C14H13BrF2O/c15-11-2-1-9-6-13(7-10(9)5-11)3-4-14(16,17)8-12(13)18/h1-2,5H,3-4,6-8H2. The molecule has 1 saturated carbocycles. The largest absolute Gasteiger partial charge is 0.299 e. The first-order chi connectivity index (χ1) is 8.40. The average molecular weight is 315 g/mol. The minimum atomic E-state index is -2.79. The molecular weight excluding hydrogens is 302 g/mol. The normalized spacial score (nSPS) is 29.6. The zero-order valence-electron chi connectivity index (χ0n) is 9.81. The van der Waals surface area contributed by atoms with E-state index in [2.05, 4.69) is 15.9 Å². The molecule has 4 heteroatoms. The summed E-state index contributed by atoms with van der Waals surface area (Å²) in [5, 5.41) is 0. The summed E-state index contributed by atoms with van der Waals surface area (Å²) in [6.45, 7) is 0. The topological polar surface area (TPSA) is 17.1 Å². The van der Waals surface area contributed by atoms with E-state index < -0.39 is 17.8 Å². The molecule has 0 aliphatic heterocycles. The summed E-state index contributed by atoms with van der Waals surface area (Å²) in [7, 11) is 0. The summed E-state index contributed by atoms with van der Waals surface area (Å²) in [6, 6.07) is 5.94. The molecule has 0 amide bonds. The second kappa shape index (κ2) is 3.86. The number of carbonyl (C=O) groups is 1. The predicted molar refractivity (Wildman–Crippen MR) is 67.8 cm³/mol. The lowest BCUT2D eigenvalue weighted by atomic mass is 9.70. The Kier molecular flexibility index (Phi) is 2.63. The van der Waals surface area contributed by atoms with E-state index in [1.807, 2.05) is 18.2 Å². The van der Waals surface area contributed by atoms with Gasteiger partial charge in [0.15, 0.2) is 0 Å². The van der Waals surface area contributed by atoms with Crippen molar-refractivity contribution in [3.8, 4) is 0 Å². The molecule has 0 heterocycles. The molecule has 0 bridgehead atoms. The fourth-order valence-corrected chi connectivity index (χ4v) is 3.58. The number of alkyl halides is 2. The molecule has 1 atom stereocenters. The van der Waals surface area contributed by atoms with Crippen LogP contribution in [-0.4, -0.2) is 11.7 Å². The monoisotopic (exact) mass is 314 g/mol. The molecule has 1 spiro atoms. The maximum absolute atomic E-state index is 13.3. The van der Waals surface area contributed by atoms with E-state index in [0.29, 0.717) is 19.3 Å². The quantitative estimate of drug-likeness (QED) is 0.709. The van der Waals surface area contributed by atoms with Crippen LogP contribution in [0.2, 0.25) is 0 Å². The minimum Gasteiger partial charge on any atom is -0.299 e. The van der Waals surface area contributed by atoms with Gasteiger partial charge in [0.1, 0.15) is 5.78 Å². The lowest BCUT2D eigenvalue weighted by Gasteiger charge is -2.35. The van der Waals surface area contributed by atoms with Gasteiger partial charge >= 0.3 is 0 Å². The van der Waals surface area contributed by atoms with Crippen LogP contribution in [0.5, 0.6) is 0 Å². The van der Waals surface area contributed by atoms with E-state index in [0.717, 1.165) is 15.6 Å². The molecule has 2 aliphatic rings. The molecular formula is C14H13BrF2O. The van der Waals surface area contributed by atoms with Gasteiger partial charge in [-0.1, -0.05) is 22.0 Å².